The molecule has 1 aliphatic rings. The number of alkyl carbamates (subject to hydrolysis) is 1. The number of ether oxygens (including phenoxy) is 1. The van der Waals surface area contributed by atoms with Gasteiger partial charge < -0.3 is 20.3 Å². The molecule has 0 radical (unpaired) electrons. The number of nitrogens with zero attached hydrogens (tertiary/aromatic N) is 1. The van der Waals surface area contributed by atoms with Crippen LogP contribution in [0.2, 0.25) is 0 Å². The molecule has 0 aromatic heterocycles. The Labute approximate surface area is 219 Å². The Kier molecular flexibility index (Phi) is 8.71. The zero-order valence-electron chi connectivity index (χ0n) is 21.9. The minimum absolute atomic E-state index is 0.0652. The first-order valence-electron chi connectivity index (χ1n) is 12.3. The summed E-state index contributed by atoms with van der Waals surface area (Å²) in [6, 6.07) is 13.1. The molecule has 194 valence electrons. The Morgan fingerprint density at radius 3 is 2.14 bits per heavy atom. The number of thiol groups is 1. The number of para-hydroxylation sites is 1. The van der Waals surface area contributed by atoms with Gasteiger partial charge in [0.1, 0.15) is 17.7 Å². The zero-order chi connectivity index (χ0) is 26.6. The van der Waals surface area contributed by atoms with Crippen LogP contribution in [-0.4, -0.2) is 46.2 Å². The Morgan fingerprint density at radius 2 is 1.64 bits per heavy atom. The molecule has 0 bridgehead atoms. The Morgan fingerprint density at radius 1 is 1.06 bits per heavy atom. The van der Waals surface area contributed by atoms with Crippen molar-refractivity contribution in [2.24, 2.45) is 5.92 Å². The van der Waals surface area contributed by atoms with Crippen LogP contribution in [0.1, 0.15) is 56.8 Å². The molecular weight excluding hydrogens is 474 g/mol. The van der Waals surface area contributed by atoms with E-state index in [2.05, 4.69) is 23.3 Å². The van der Waals surface area contributed by atoms with Crippen LogP contribution in [0.5, 0.6) is 0 Å². The molecule has 0 aliphatic heterocycles. The molecular formula is C28H37N3O4S. The van der Waals surface area contributed by atoms with Crippen LogP contribution in [0.4, 0.5) is 10.5 Å². The second-order valence-electron chi connectivity index (χ2n) is 10.5. The molecule has 36 heavy (non-hydrogen) atoms. The van der Waals surface area contributed by atoms with E-state index in [1.807, 2.05) is 69.3 Å². The maximum atomic E-state index is 13.9. The number of aryl methyl sites for hydroxylation is 2. The Bertz CT molecular complexity index is 1080. The Hall–Kier alpha value is -3.00. The fourth-order valence-electron chi connectivity index (χ4n) is 4.26. The third-order valence-corrected chi connectivity index (χ3v) is 6.59. The lowest BCUT2D eigenvalue weighted by Crippen LogP contribution is -2.54. The van der Waals surface area contributed by atoms with E-state index in [1.165, 1.54) is 0 Å². The van der Waals surface area contributed by atoms with E-state index in [0.29, 0.717) is 5.56 Å². The molecule has 3 amide bonds. The normalized spacial score (nSPS) is 18.5. The Balaban J connectivity index is 1.98. The van der Waals surface area contributed by atoms with Gasteiger partial charge in [-0.25, -0.2) is 4.79 Å². The summed E-state index contributed by atoms with van der Waals surface area (Å²) in [6.45, 7) is 11.2. The van der Waals surface area contributed by atoms with Gasteiger partial charge in [0.2, 0.25) is 5.91 Å². The summed E-state index contributed by atoms with van der Waals surface area (Å²) in [5.74, 6) is -0.373. The zero-order valence-corrected chi connectivity index (χ0v) is 22.8. The highest BCUT2D eigenvalue weighted by atomic mass is 32.1. The SMILES string of the molecule is Cc1cccc(C)c1NC(=O)C(c1ccccc1)N(C(=O)C(CS)NC(=O)OC(C)(C)C)C1CC1C. The molecule has 2 aromatic carbocycles. The number of nitrogens with one attached hydrogen (secondary N) is 2. The van der Waals surface area contributed by atoms with E-state index in [1.54, 1.807) is 25.7 Å². The average molecular weight is 512 g/mol. The van der Waals surface area contributed by atoms with Crippen LogP contribution in [-0.2, 0) is 14.3 Å². The standard InChI is InChI=1S/C28H37N3O4S/c1-17-11-10-12-18(2)23(17)30-25(32)24(20-13-8-7-9-14-20)31(22-15-19(22)3)26(33)21(16-36)29-27(34)35-28(4,5)6/h7-14,19,21-22,24,36H,15-16H2,1-6H3,(H,29,34)(H,30,32). The molecule has 0 spiro atoms. The van der Waals surface area contributed by atoms with E-state index in [9.17, 15) is 14.4 Å². The molecule has 1 aliphatic carbocycles. The highest BCUT2D eigenvalue weighted by molar-refractivity contribution is 7.80. The second kappa shape index (κ2) is 11.4. The largest absolute Gasteiger partial charge is 0.444 e. The van der Waals surface area contributed by atoms with Crippen molar-refractivity contribution in [2.45, 2.75) is 71.7 Å². The van der Waals surface area contributed by atoms with Crippen molar-refractivity contribution in [3.63, 3.8) is 0 Å². The molecule has 4 atom stereocenters. The van der Waals surface area contributed by atoms with Crippen molar-refractivity contribution in [1.29, 1.82) is 0 Å². The third kappa shape index (κ3) is 6.81. The van der Waals surface area contributed by atoms with Crippen molar-refractivity contribution in [3.8, 4) is 0 Å². The van der Waals surface area contributed by atoms with Gasteiger partial charge in [-0.1, -0.05) is 55.5 Å². The highest BCUT2D eigenvalue weighted by Gasteiger charge is 2.48. The summed E-state index contributed by atoms with van der Waals surface area (Å²) in [6.07, 6.45) is 0.0761. The molecule has 0 saturated heterocycles. The van der Waals surface area contributed by atoms with Gasteiger partial charge in [-0.05, 0) is 63.6 Å². The summed E-state index contributed by atoms with van der Waals surface area (Å²) in [4.78, 5) is 41.9. The van der Waals surface area contributed by atoms with Gasteiger partial charge in [0.05, 0.1) is 0 Å². The fourth-order valence-corrected chi connectivity index (χ4v) is 4.51. The summed E-state index contributed by atoms with van der Waals surface area (Å²) in [7, 11) is 0. The molecule has 1 fully saturated rings. The van der Waals surface area contributed by atoms with Crippen LogP contribution in [0.3, 0.4) is 0 Å². The maximum Gasteiger partial charge on any atom is 0.408 e. The summed E-state index contributed by atoms with van der Waals surface area (Å²) in [5.41, 5.74) is 2.60. The fraction of sp³-hybridized carbons (Fsp3) is 0.464. The predicted molar refractivity (Wildman–Crippen MR) is 145 cm³/mol. The van der Waals surface area contributed by atoms with Gasteiger partial charge in [0, 0.05) is 17.5 Å². The van der Waals surface area contributed by atoms with Crippen LogP contribution >= 0.6 is 12.6 Å². The third-order valence-electron chi connectivity index (χ3n) is 6.22. The summed E-state index contributed by atoms with van der Waals surface area (Å²) in [5, 5.41) is 5.73. The van der Waals surface area contributed by atoms with Crippen LogP contribution in [0.25, 0.3) is 0 Å². The van der Waals surface area contributed by atoms with Crippen LogP contribution in [0, 0.1) is 19.8 Å². The number of carbonyl (C=O) groups excluding carboxylic acids is 3. The number of benzene rings is 2. The first kappa shape index (κ1) is 27.6. The average Bonchev–Trinajstić information content (AvgIpc) is 3.52. The van der Waals surface area contributed by atoms with Gasteiger partial charge in [-0.2, -0.15) is 12.6 Å². The first-order valence-corrected chi connectivity index (χ1v) is 12.9. The number of amides is 3. The molecule has 0 heterocycles. The van der Waals surface area contributed by atoms with Crippen molar-refractivity contribution >= 4 is 36.2 Å². The van der Waals surface area contributed by atoms with Gasteiger partial charge in [0.25, 0.3) is 5.91 Å². The molecule has 7 nitrogen and oxygen atoms in total. The van der Waals surface area contributed by atoms with Gasteiger partial charge in [-0.15, -0.1) is 0 Å². The molecule has 2 N–H and O–H groups in total. The molecule has 3 rings (SSSR count). The minimum Gasteiger partial charge on any atom is -0.444 e. The number of anilines is 1. The molecule has 2 aromatic rings. The van der Waals surface area contributed by atoms with Crippen molar-refractivity contribution < 1.29 is 19.1 Å². The van der Waals surface area contributed by atoms with E-state index in [-0.39, 0.29) is 29.5 Å². The quantitative estimate of drug-likeness (QED) is 0.433. The second-order valence-corrected chi connectivity index (χ2v) is 10.8. The van der Waals surface area contributed by atoms with Gasteiger partial charge in [-0.3, -0.25) is 9.59 Å². The first-order chi connectivity index (χ1) is 16.9. The predicted octanol–water partition coefficient (Wildman–Crippen LogP) is 5.04. The number of hydrogen-bond acceptors (Lipinski definition) is 5. The van der Waals surface area contributed by atoms with Gasteiger partial charge >= 0.3 is 6.09 Å². The smallest absolute Gasteiger partial charge is 0.408 e. The molecule has 8 heteroatoms. The monoisotopic (exact) mass is 511 g/mol. The van der Waals surface area contributed by atoms with E-state index in [4.69, 9.17) is 4.74 Å². The van der Waals surface area contributed by atoms with E-state index >= 15 is 0 Å². The lowest BCUT2D eigenvalue weighted by atomic mass is 10.0. The van der Waals surface area contributed by atoms with Crippen molar-refractivity contribution in [3.05, 3.63) is 65.2 Å². The van der Waals surface area contributed by atoms with E-state index < -0.39 is 23.8 Å². The molecule has 4 unspecified atom stereocenters. The molecule has 1 saturated carbocycles. The van der Waals surface area contributed by atoms with Crippen molar-refractivity contribution in [1.82, 2.24) is 10.2 Å². The lowest BCUT2D eigenvalue weighted by molar-refractivity contribution is -0.141. The maximum absolute atomic E-state index is 13.9. The van der Waals surface area contributed by atoms with Crippen LogP contribution in [0.15, 0.2) is 48.5 Å². The number of carbonyl (C=O) groups is 3. The van der Waals surface area contributed by atoms with Crippen LogP contribution < -0.4 is 10.6 Å². The topological polar surface area (TPSA) is 87.7 Å². The van der Waals surface area contributed by atoms with Gasteiger partial charge in [0.15, 0.2) is 0 Å². The lowest BCUT2D eigenvalue weighted by Gasteiger charge is -2.35. The number of hydrogen-bond donors (Lipinski definition) is 3. The van der Waals surface area contributed by atoms with E-state index in [0.717, 1.165) is 23.2 Å². The summed E-state index contributed by atoms with van der Waals surface area (Å²) >= 11 is 4.34. The minimum atomic E-state index is -0.949. The highest BCUT2D eigenvalue weighted by Crippen LogP contribution is 2.41. The van der Waals surface area contributed by atoms with Crippen molar-refractivity contribution in [2.75, 3.05) is 11.1 Å². The number of rotatable bonds is 8. The summed E-state index contributed by atoms with van der Waals surface area (Å²) < 4.78 is 5.36.